The summed E-state index contributed by atoms with van der Waals surface area (Å²) in [7, 11) is 1.56. The van der Waals surface area contributed by atoms with Crippen LogP contribution in [0.4, 0.5) is 5.69 Å². The van der Waals surface area contributed by atoms with E-state index in [9.17, 15) is 4.79 Å². The van der Waals surface area contributed by atoms with E-state index in [-0.39, 0.29) is 5.91 Å². The van der Waals surface area contributed by atoms with Gasteiger partial charge < -0.3 is 15.4 Å². The third kappa shape index (κ3) is 3.80. The molecule has 5 nitrogen and oxygen atoms in total. The summed E-state index contributed by atoms with van der Waals surface area (Å²) in [6.07, 6.45) is 0. The zero-order valence-corrected chi connectivity index (χ0v) is 17.4. The van der Waals surface area contributed by atoms with Crippen LogP contribution in [0.2, 0.25) is 0 Å². The fourth-order valence-corrected chi connectivity index (χ4v) is 3.61. The number of anilines is 1. The van der Waals surface area contributed by atoms with Gasteiger partial charge in [-0.1, -0.05) is 40.2 Å². The van der Waals surface area contributed by atoms with Gasteiger partial charge in [0.1, 0.15) is 5.75 Å². The second-order valence-electron chi connectivity index (χ2n) is 6.42. The van der Waals surface area contributed by atoms with Crippen LogP contribution in [0, 0.1) is 6.57 Å². The highest BCUT2D eigenvalue weighted by atomic mass is 79.9. The van der Waals surface area contributed by atoms with Gasteiger partial charge in [-0.05, 0) is 43.7 Å². The van der Waals surface area contributed by atoms with E-state index in [1.54, 1.807) is 19.2 Å². The Kier molecular flexibility index (Phi) is 5.86. The van der Waals surface area contributed by atoms with Crippen molar-refractivity contribution in [3.05, 3.63) is 92.6 Å². The number of allylic oxidation sites excluding steroid dienone is 3. The molecule has 2 aromatic rings. The molecule has 0 aliphatic carbocycles. The lowest BCUT2D eigenvalue weighted by Crippen LogP contribution is -2.30. The van der Waals surface area contributed by atoms with Crippen molar-refractivity contribution in [1.29, 1.82) is 0 Å². The second-order valence-corrected chi connectivity index (χ2v) is 7.34. The number of ether oxygens (including phenoxy) is 1. The Hall–Kier alpha value is -3.04. The van der Waals surface area contributed by atoms with Crippen LogP contribution >= 0.6 is 15.9 Å². The molecule has 28 heavy (non-hydrogen) atoms. The molecule has 3 rings (SSSR count). The number of nitrogens with one attached hydrogen (secondary N) is 2. The topological polar surface area (TPSA) is 54.7 Å². The minimum absolute atomic E-state index is 0.268. The Labute approximate surface area is 173 Å². The SMILES string of the molecule is [C-]#[N+]C1=C(C)NC(C)=C(C(=O)Nc2ccccc2OC)C1c1ccc(Br)cc1. The number of nitrogens with zero attached hydrogens (tertiary/aromatic N) is 1. The number of para-hydroxylation sites is 2. The Morgan fingerprint density at radius 1 is 1.14 bits per heavy atom. The molecule has 2 aromatic carbocycles. The number of hydrogen-bond acceptors (Lipinski definition) is 3. The van der Waals surface area contributed by atoms with E-state index in [2.05, 4.69) is 31.4 Å². The molecular weight excluding hydrogens is 418 g/mol. The number of amides is 1. The normalized spacial score (nSPS) is 16.3. The summed E-state index contributed by atoms with van der Waals surface area (Å²) in [5, 5.41) is 6.12. The molecule has 0 bridgehead atoms. The van der Waals surface area contributed by atoms with Crippen molar-refractivity contribution in [1.82, 2.24) is 5.32 Å². The van der Waals surface area contributed by atoms with Crippen LogP contribution in [0.15, 0.2) is 75.7 Å². The molecule has 0 radical (unpaired) electrons. The molecule has 0 fully saturated rings. The summed E-state index contributed by atoms with van der Waals surface area (Å²) in [6, 6.07) is 14.9. The summed E-state index contributed by atoms with van der Waals surface area (Å²) in [5.41, 5.74) is 3.99. The third-order valence-corrected chi connectivity index (χ3v) is 5.18. The van der Waals surface area contributed by atoms with E-state index in [0.717, 1.165) is 21.4 Å². The van der Waals surface area contributed by atoms with Gasteiger partial charge in [0.15, 0.2) is 5.70 Å². The molecule has 0 spiro atoms. The van der Waals surface area contributed by atoms with Crippen LogP contribution in [-0.4, -0.2) is 13.0 Å². The van der Waals surface area contributed by atoms with Gasteiger partial charge in [-0.15, -0.1) is 0 Å². The van der Waals surface area contributed by atoms with Crippen molar-refractivity contribution >= 4 is 27.5 Å². The Bertz CT molecular complexity index is 1020. The summed E-state index contributed by atoms with van der Waals surface area (Å²) in [4.78, 5) is 17.0. The van der Waals surface area contributed by atoms with E-state index in [4.69, 9.17) is 11.3 Å². The predicted octanol–water partition coefficient (Wildman–Crippen LogP) is 5.21. The Morgan fingerprint density at radius 3 is 2.46 bits per heavy atom. The Morgan fingerprint density at radius 2 is 1.82 bits per heavy atom. The number of rotatable bonds is 4. The number of halogens is 1. The third-order valence-electron chi connectivity index (χ3n) is 4.65. The van der Waals surface area contributed by atoms with Gasteiger partial charge in [0, 0.05) is 21.4 Å². The second kappa shape index (κ2) is 8.32. The lowest BCUT2D eigenvalue weighted by atomic mass is 9.83. The van der Waals surface area contributed by atoms with Crippen LogP contribution in [-0.2, 0) is 4.79 Å². The number of methoxy groups -OCH3 is 1. The largest absolute Gasteiger partial charge is 0.495 e. The van der Waals surface area contributed by atoms with E-state index >= 15 is 0 Å². The molecule has 0 saturated carbocycles. The zero-order chi connectivity index (χ0) is 20.3. The summed E-state index contributed by atoms with van der Waals surface area (Å²) in [6.45, 7) is 11.4. The van der Waals surface area contributed by atoms with Crippen LogP contribution < -0.4 is 15.4 Å². The van der Waals surface area contributed by atoms with Crippen LogP contribution in [0.5, 0.6) is 5.75 Å². The maximum atomic E-state index is 13.3. The highest BCUT2D eigenvalue weighted by molar-refractivity contribution is 9.10. The highest BCUT2D eigenvalue weighted by Gasteiger charge is 2.34. The smallest absolute Gasteiger partial charge is 0.253 e. The molecule has 1 aliphatic rings. The quantitative estimate of drug-likeness (QED) is 0.645. The highest BCUT2D eigenvalue weighted by Crippen LogP contribution is 2.39. The van der Waals surface area contributed by atoms with Crippen LogP contribution in [0.3, 0.4) is 0 Å². The van der Waals surface area contributed by atoms with Gasteiger partial charge in [-0.2, -0.15) is 0 Å². The first kappa shape index (κ1) is 19.7. The molecule has 142 valence electrons. The average Bonchev–Trinajstić information content (AvgIpc) is 2.68. The van der Waals surface area contributed by atoms with Crippen LogP contribution in [0.1, 0.15) is 25.3 Å². The maximum absolute atomic E-state index is 13.3. The standard InChI is InChI=1S/C22H20BrN3O2/c1-13-19(22(27)26-17-7-5-6-8-18(17)28-4)20(21(24-3)14(2)25-13)15-9-11-16(23)12-10-15/h5-12,20,25H,1-2,4H3,(H,26,27). The molecule has 1 amide bonds. The van der Waals surface area contributed by atoms with Gasteiger partial charge in [0.2, 0.25) is 0 Å². The fourth-order valence-electron chi connectivity index (χ4n) is 3.35. The summed E-state index contributed by atoms with van der Waals surface area (Å²) in [5.74, 6) is -0.132. The van der Waals surface area contributed by atoms with Gasteiger partial charge in [0.25, 0.3) is 5.91 Å². The first-order valence-corrected chi connectivity index (χ1v) is 9.51. The fraction of sp³-hybridized carbons (Fsp3) is 0.182. The first-order chi connectivity index (χ1) is 13.5. The maximum Gasteiger partial charge on any atom is 0.253 e. The molecule has 1 atom stereocenters. The molecule has 1 aliphatic heterocycles. The zero-order valence-electron chi connectivity index (χ0n) is 15.8. The van der Waals surface area contributed by atoms with Crippen molar-refractivity contribution in [3.63, 3.8) is 0 Å². The average molecular weight is 438 g/mol. The lowest BCUT2D eigenvalue weighted by molar-refractivity contribution is -0.113. The summed E-state index contributed by atoms with van der Waals surface area (Å²) >= 11 is 3.44. The van der Waals surface area contributed by atoms with Gasteiger partial charge in [0.05, 0.1) is 25.3 Å². The van der Waals surface area contributed by atoms with E-state index < -0.39 is 5.92 Å². The number of benzene rings is 2. The van der Waals surface area contributed by atoms with Crippen molar-refractivity contribution < 1.29 is 9.53 Å². The van der Waals surface area contributed by atoms with Crippen molar-refractivity contribution in [3.8, 4) is 5.75 Å². The van der Waals surface area contributed by atoms with Gasteiger partial charge >= 0.3 is 0 Å². The molecule has 0 saturated heterocycles. The summed E-state index contributed by atoms with van der Waals surface area (Å²) < 4.78 is 6.28. The lowest BCUT2D eigenvalue weighted by Gasteiger charge is -2.29. The van der Waals surface area contributed by atoms with Gasteiger partial charge in [-0.25, -0.2) is 4.85 Å². The van der Waals surface area contributed by atoms with E-state index in [1.807, 2.05) is 50.2 Å². The first-order valence-electron chi connectivity index (χ1n) is 8.72. The molecule has 1 heterocycles. The number of carbonyl (C=O) groups excluding carboxylic acids is 1. The monoisotopic (exact) mass is 437 g/mol. The Balaban J connectivity index is 2.05. The van der Waals surface area contributed by atoms with E-state index in [0.29, 0.717) is 22.7 Å². The van der Waals surface area contributed by atoms with E-state index in [1.165, 1.54) is 0 Å². The molecule has 0 aromatic heterocycles. The molecular formula is C22H20BrN3O2. The van der Waals surface area contributed by atoms with Gasteiger partial charge in [-0.3, -0.25) is 4.79 Å². The minimum atomic E-state index is -0.443. The van der Waals surface area contributed by atoms with Crippen molar-refractivity contribution in [2.45, 2.75) is 19.8 Å². The minimum Gasteiger partial charge on any atom is -0.495 e. The molecule has 6 heteroatoms. The predicted molar refractivity (Wildman–Crippen MR) is 114 cm³/mol. The van der Waals surface area contributed by atoms with Crippen molar-refractivity contribution in [2.75, 3.05) is 12.4 Å². The van der Waals surface area contributed by atoms with Crippen molar-refractivity contribution in [2.24, 2.45) is 0 Å². The number of hydrogen-bond donors (Lipinski definition) is 2. The van der Waals surface area contributed by atoms with Crippen LogP contribution in [0.25, 0.3) is 4.85 Å². The molecule has 2 N–H and O–H groups in total. The number of carbonyl (C=O) groups is 1. The molecule has 1 unspecified atom stereocenters. The number of dihydropyridines is 1.